The molecule has 0 amide bonds. The van der Waals surface area contributed by atoms with Gasteiger partial charge in [0.2, 0.25) is 5.88 Å². The van der Waals surface area contributed by atoms with Gasteiger partial charge in [-0.1, -0.05) is 29.8 Å². The summed E-state index contributed by atoms with van der Waals surface area (Å²) in [5.74, 6) is -0.272. The van der Waals surface area contributed by atoms with Crippen molar-refractivity contribution in [3.63, 3.8) is 0 Å². The molecule has 1 aliphatic heterocycles. The molecule has 0 saturated heterocycles. The minimum Gasteiger partial charge on any atom is -0.440 e. The number of nitriles is 1. The molecular weight excluding hydrogens is 388 g/mol. The predicted octanol–water partition coefficient (Wildman–Crippen LogP) is 3.47. The van der Waals surface area contributed by atoms with E-state index in [2.05, 4.69) is 11.1 Å². The maximum atomic E-state index is 13.5. The molecule has 144 valence electrons. The number of pyridine rings is 2. The highest BCUT2D eigenvalue weighted by Gasteiger charge is 2.34. The lowest BCUT2D eigenvalue weighted by atomic mass is 9.84. The van der Waals surface area contributed by atoms with Gasteiger partial charge in [-0.2, -0.15) is 5.26 Å². The summed E-state index contributed by atoms with van der Waals surface area (Å²) in [5, 5.41) is 10.3. The number of aromatic nitrogens is 2. The van der Waals surface area contributed by atoms with Crippen molar-refractivity contribution >= 4 is 11.6 Å². The monoisotopic (exact) mass is 404 g/mol. The van der Waals surface area contributed by atoms with E-state index in [4.69, 9.17) is 22.1 Å². The first-order valence-corrected chi connectivity index (χ1v) is 9.34. The molecule has 4 rings (SSSR count). The van der Waals surface area contributed by atoms with Crippen LogP contribution >= 0.6 is 11.6 Å². The molecule has 0 radical (unpaired) electrons. The lowest BCUT2D eigenvalue weighted by molar-refractivity contribution is 0.389. The second-order valence-corrected chi connectivity index (χ2v) is 7.19. The third-order valence-corrected chi connectivity index (χ3v) is 5.19. The molecule has 0 spiro atoms. The molecule has 3 heterocycles. The number of nitrogens with two attached hydrogens (primary N) is 1. The Labute approximate surface area is 172 Å². The Morgan fingerprint density at radius 3 is 2.69 bits per heavy atom. The maximum Gasteiger partial charge on any atom is 0.259 e. The van der Waals surface area contributed by atoms with Gasteiger partial charge in [0.25, 0.3) is 5.56 Å². The van der Waals surface area contributed by atoms with Gasteiger partial charge in [-0.05, 0) is 36.8 Å². The van der Waals surface area contributed by atoms with E-state index in [0.29, 0.717) is 28.6 Å². The molecular formula is C22H17ClN4O2. The van der Waals surface area contributed by atoms with Crippen LogP contribution in [0.2, 0.25) is 5.02 Å². The molecule has 0 aliphatic carbocycles. The quantitative estimate of drug-likeness (QED) is 0.721. The molecule has 1 aromatic carbocycles. The molecule has 2 aromatic heterocycles. The minimum absolute atomic E-state index is 0.00114. The normalized spacial score (nSPS) is 15.4. The van der Waals surface area contributed by atoms with Gasteiger partial charge in [0.1, 0.15) is 17.4 Å². The summed E-state index contributed by atoms with van der Waals surface area (Å²) in [6.45, 7) is 2.14. The van der Waals surface area contributed by atoms with Crippen LogP contribution in [0.25, 0.3) is 0 Å². The molecule has 7 heteroatoms. The highest BCUT2D eigenvalue weighted by atomic mass is 35.5. The molecule has 0 saturated carbocycles. The van der Waals surface area contributed by atoms with Crippen molar-refractivity contribution < 1.29 is 4.74 Å². The Hall–Kier alpha value is -3.56. The van der Waals surface area contributed by atoms with Gasteiger partial charge in [-0.25, -0.2) is 0 Å². The van der Waals surface area contributed by atoms with E-state index in [9.17, 15) is 10.1 Å². The summed E-state index contributed by atoms with van der Waals surface area (Å²) < 4.78 is 7.29. The third-order valence-electron chi connectivity index (χ3n) is 4.94. The molecule has 0 unspecified atom stereocenters. The van der Waals surface area contributed by atoms with Crippen molar-refractivity contribution in [1.82, 2.24) is 9.55 Å². The van der Waals surface area contributed by atoms with Gasteiger partial charge < -0.3 is 15.0 Å². The summed E-state index contributed by atoms with van der Waals surface area (Å²) >= 11 is 6.02. The van der Waals surface area contributed by atoms with E-state index in [1.807, 2.05) is 25.1 Å². The number of hydrogen-bond acceptors (Lipinski definition) is 5. The topological polar surface area (TPSA) is 93.9 Å². The zero-order valence-corrected chi connectivity index (χ0v) is 16.3. The van der Waals surface area contributed by atoms with Crippen molar-refractivity contribution in [2.75, 3.05) is 0 Å². The van der Waals surface area contributed by atoms with Crippen LogP contribution in [0.1, 0.15) is 28.4 Å². The van der Waals surface area contributed by atoms with Crippen LogP contribution in [0.15, 0.2) is 71.0 Å². The van der Waals surface area contributed by atoms with Gasteiger partial charge in [0, 0.05) is 23.0 Å². The zero-order chi connectivity index (χ0) is 20.5. The van der Waals surface area contributed by atoms with Gasteiger partial charge >= 0.3 is 0 Å². The van der Waals surface area contributed by atoms with E-state index >= 15 is 0 Å². The molecule has 1 aliphatic rings. The van der Waals surface area contributed by atoms with Gasteiger partial charge in [-0.15, -0.1) is 0 Å². The van der Waals surface area contributed by atoms with Crippen molar-refractivity contribution in [3.8, 4) is 11.8 Å². The number of hydrogen-bond donors (Lipinski definition) is 1. The minimum atomic E-state index is -0.635. The largest absolute Gasteiger partial charge is 0.440 e. The number of nitrogens with zero attached hydrogens (tertiary/aromatic N) is 3. The molecule has 29 heavy (non-hydrogen) atoms. The van der Waals surface area contributed by atoms with Crippen LogP contribution < -0.4 is 16.0 Å². The van der Waals surface area contributed by atoms with E-state index in [-0.39, 0.29) is 17.0 Å². The van der Waals surface area contributed by atoms with Crippen LogP contribution in [0.5, 0.6) is 5.75 Å². The van der Waals surface area contributed by atoms with Crippen LogP contribution in [-0.2, 0) is 6.54 Å². The Kier molecular flexibility index (Phi) is 4.83. The Morgan fingerprint density at radius 1 is 1.28 bits per heavy atom. The highest BCUT2D eigenvalue weighted by Crippen LogP contribution is 2.40. The van der Waals surface area contributed by atoms with Crippen molar-refractivity contribution in [3.05, 3.63) is 104 Å². The van der Waals surface area contributed by atoms with E-state index in [1.54, 1.807) is 41.1 Å². The number of ether oxygens (including phenoxy) is 1. The number of allylic oxidation sites excluding steroid dienone is 1. The van der Waals surface area contributed by atoms with Crippen LogP contribution in [0, 0.1) is 18.3 Å². The molecule has 0 bridgehead atoms. The molecule has 6 nitrogen and oxygen atoms in total. The van der Waals surface area contributed by atoms with E-state index in [1.165, 1.54) is 0 Å². The second kappa shape index (κ2) is 7.46. The summed E-state index contributed by atoms with van der Waals surface area (Å²) in [5.41, 5.74) is 8.55. The van der Waals surface area contributed by atoms with Gasteiger partial charge in [0.15, 0.2) is 0 Å². The average molecular weight is 405 g/mol. The maximum absolute atomic E-state index is 13.5. The first-order chi connectivity index (χ1) is 14.0. The van der Waals surface area contributed by atoms with Crippen molar-refractivity contribution in [2.45, 2.75) is 19.4 Å². The summed E-state index contributed by atoms with van der Waals surface area (Å²) in [4.78, 5) is 17.8. The fraction of sp³-hybridized carbons (Fsp3) is 0.136. The summed E-state index contributed by atoms with van der Waals surface area (Å²) in [6, 6.07) is 16.4. The smallest absolute Gasteiger partial charge is 0.259 e. The number of rotatable bonds is 3. The number of aryl methyl sites for hydroxylation is 1. The lowest BCUT2D eigenvalue weighted by Gasteiger charge is -2.27. The standard InChI is InChI=1S/C22H17ClN4O2/c1-13-10-18-20(22(28)27(13)12-16-4-2-3-9-26-16)19(17(11-24)21(25)29-18)14-5-7-15(23)8-6-14/h2-10,19H,12,25H2,1H3/t19-/m1/s1. The highest BCUT2D eigenvalue weighted by molar-refractivity contribution is 6.30. The summed E-state index contributed by atoms with van der Waals surface area (Å²) in [7, 11) is 0. The van der Waals surface area contributed by atoms with E-state index < -0.39 is 5.92 Å². The van der Waals surface area contributed by atoms with Crippen molar-refractivity contribution in [1.29, 1.82) is 5.26 Å². The number of fused-ring (bicyclic) bond motifs is 1. The van der Waals surface area contributed by atoms with Gasteiger partial charge in [-0.3, -0.25) is 9.78 Å². The average Bonchev–Trinajstić information content (AvgIpc) is 2.71. The first kappa shape index (κ1) is 18.8. The molecule has 2 N–H and O–H groups in total. The van der Waals surface area contributed by atoms with Crippen molar-refractivity contribution in [2.24, 2.45) is 5.73 Å². The third kappa shape index (κ3) is 3.37. The number of halogens is 1. The molecule has 3 aromatic rings. The van der Waals surface area contributed by atoms with Crippen LogP contribution in [-0.4, -0.2) is 9.55 Å². The summed E-state index contributed by atoms with van der Waals surface area (Å²) in [6.07, 6.45) is 1.69. The Morgan fingerprint density at radius 2 is 2.03 bits per heavy atom. The van der Waals surface area contributed by atoms with E-state index in [0.717, 1.165) is 11.3 Å². The second-order valence-electron chi connectivity index (χ2n) is 6.75. The van der Waals surface area contributed by atoms with Gasteiger partial charge in [0.05, 0.1) is 23.7 Å². The lowest BCUT2D eigenvalue weighted by Crippen LogP contribution is -2.33. The zero-order valence-electron chi connectivity index (χ0n) is 15.6. The van der Waals surface area contributed by atoms with Crippen LogP contribution in [0.3, 0.4) is 0 Å². The Balaban J connectivity index is 1.92. The SMILES string of the molecule is Cc1cc2c(c(=O)n1Cc1ccccn1)[C@H](c1ccc(Cl)cc1)C(C#N)=C(N)O2. The molecule has 1 atom stereocenters. The Bertz CT molecular complexity index is 1210. The molecule has 0 fully saturated rings. The predicted molar refractivity (Wildman–Crippen MR) is 110 cm³/mol. The van der Waals surface area contributed by atoms with Crippen LogP contribution in [0.4, 0.5) is 0 Å². The fourth-order valence-electron chi connectivity index (χ4n) is 3.52. The number of benzene rings is 1. The fourth-order valence-corrected chi connectivity index (χ4v) is 3.65. The first-order valence-electron chi connectivity index (χ1n) is 8.97.